The number of fused-ring (bicyclic) bond motifs is 1. The molecule has 0 fully saturated rings. The van der Waals surface area contributed by atoms with Crippen LogP contribution in [0.2, 0.25) is 0 Å². The van der Waals surface area contributed by atoms with Crippen LogP contribution in [0.4, 0.5) is 5.69 Å². The molecule has 1 atom stereocenters. The molecule has 0 saturated carbocycles. The monoisotopic (exact) mass is 465 g/mol. The minimum absolute atomic E-state index is 0.156. The number of anilines is 1. The minimum atomic E-state index is -1.02. The zero-order chi connectivity index (χ0) is 24.5. The van der Waals surface area contributed by atoms with Crippen LogP contribution in [0.3, 0.4) is 0 Å². The van der Waals surface area contributed by atoms with Gasteiger partial charge in [0.1, 0.15) is 11.3 Å². The summed E-state index contributed by atoms with van der Waals surface area (Å²) in [7, 11) is 0. The van der Waals surface area contributed by atoms with Crippen molar-refractivity contribution in [2.45, 2.75) is 19.9 Å². The predicted octanol–water partition coefficient (Wildman–Crippen LogP) is 5.83. The lowest BCUT2D eigenvalue weighted by atomic mass is 10.0. The molecular weight excluding hydrogens is 442 g/mol. The SMILES string of the molecule is Cc1cc([C@@H](C)Nc2ccccc2C(=O)O)c2oc(-c3cnn(-c4ccccc4)c3)cc(=O)c2c1. The summed E-state index contributed by atoms with van der Waals surface area (Å²) in [5, 5.41) is 17.7. The van der Waals surface area contributed by atoms with E-state index in [1.807, 2.05) is 56.4 Å². The first-order valence-corrected chi connectivity index (χ1v) is 11.2. The summed E-state index contributed by atoms with van der Waals surface area (Å²) in [6.45, 7) is 3.82. The van der Waals surface area contributed by atoms with Crippen molar-refractivity contribution in [1.29, 1.82) is 0 Å². The second kappa shape index (κ2) is 8.95. The van der Waals surface area contributed by atoms with Gasteiger partial charge in [-0.1, -0.05) is 36.4 Å². The van der Waals surface area contributed by atoms with Gasteiger partial charge in [-0.05, 0) is 49.7 Å². The van der Waals surface area contributed by atoms with Crippen molar-refractivity contribution in [3.63, 3.8) is 0 Å². The minimum Gasteiger partial charge on any atom is -0.478 e. The van der Waals surface area contributed by atoms with Gasteiger partial charge < -0.3 is 14.8 Å². The normalized spacial score (nSPS) is 11.9. The van der Waals surface area contributed by atoms with Crippen LogP contribution >= 0.6 is 0 Å². The first-order valence-electron chi connectivity index (χ1n) is 11.2. The van der Waals surface area contributed by atoms with Gasteiger partial charge in [0.05, 0.1) is 34.4 Å². The molecule has 0 aliphatic heterocycles. The molecule has 2 aromatic heterocycles. The first kappa shape index (κ1) is 22.2. The van der Waals surface area contributed by atoms with Crippen LogP contribution in [-0.4, -0.2) is 20.9 Å². The van der Waals surface area contributed by atoms with Gasteiger partial charge in [0.15, 0.2) is 5.43 Å². The number of nitrogens with zero attached hydrogens (tertiary/aromatic N) is 2. The maximum Gasteiger partial charge on any atom is 0.337 e. The summed E-state index contributed by atoms with van der Waals surface area (Å²) in [6, 6.07) is 21.3. The van der Waals surface area contributed by atoms with Crippen molar-refractivity contribution >= 4 is 22.6 Å². The van der Waals surface area contributed by atoms with Gasteiger partial charge in [0.2, 0.25) is 0 Å². The molecule has 0 radical (unpaired) electrons. The molecule has 0 aliphatic rings. The summed E-state index contributed by atoms with van der Waals surface area (Å²) in [5.74, 6) is -0.605. The van der Waals surface area contributed by atoms with Crippen molar-refractivity contribution in [2.24, 2.45) is 0 Å². The second-order valence-electron chi connectivity index (χ2n) is 8.43. The highest BCUT2D eigenvalue weighted by Crippen LogP contribution is 2.31. The number of para-hydroxylation sites is 2. The van der Waals surface area contributed by atoms with Gasteiger partial charge >= 0.3 is 5.97 Å². The van der Waals surface area contributed by atoms with Crippen LogP contribution in [0.5, 0.6) is 0 Å². The molecule has 5 rings (SSSR count). The summed E-state index contributed by atoms with van der Waals surface area (Å²) in [6.07, 6.45) is 3.48. The number of carboxylic acid groups (broad SMARTS) is 1. The van der Waals surface area contributed by atoms with Crippen LogP contribution in [0.1, 0.15) is 34.5 Å². The Kier molecular flexibility index (Phi) is 5.66. The number of aromatic carboxylic acids is 1. The van der Waals surface area contributed by atoms with Crippen LogP contribution in [0, 0.1) is 6.92 Å². The van der Waals surface area contributed by atoms with E-state index >= 15 is 0 Å². The number of hydrogen-bond acceptors (Lipinski definition) is 5. The van der Waals surface area contributed by atoms with Gasteiger partial charge in [-0.3, -0.25) is 4.79 Å². The summed E-state index contributed by atoms with van der Waals surface area (Å²) in [5.41, 5.74) is 4.20. The van der Waals surface area contributed by atoms with E-state index in [1.165, 1.54) is 6.07 Å². The van der Waals surface area contributed by atoms with E-state index in [4.69, 9.17) is 4.42 Å². The number of carboxylic acids is 1. The van der Waals surface area contributed by atoms with Gasteiger partial charge in [-0.15, -0.1) is 0 Å². The largest absolute Gasteiger partial charge is 0.478 e. The smallest absolute Gasteiger partial charge is 0.337 e. The average molecular weight is 466 g/mol. The molecule has 0 aliphatic carbocycles. The highest BCUT2D eigenvalue weighted by Gasteiger charge is 2.19. The van der Waals surface area contributed by atoms with Gasteiger partial charge in [-0.2, -0.15) is 5.10 Å². The van der Waals surface area contributed by atoms with Gasteiger partial charge in [-0.25, -0.2) is 9.48 Å². The van der Waals surface area contributed by atoms with Crippen molar-refractivity contribution < 1.29 is 14.3 Å². The summed E-state index contributed by atoms with van der Waals surface area (Å²) in [4.78, 5) is 24.7. The number of aromatic nitrogens is 2. The Balaban J connectivity index is 1.59. The Morgan fingerprint density at radius 2 is 1.80 bits per heavy atom. The molecule has 174 valence electrons. The summed E-state index contributed by atoms with van der Waals surface area (Å²) < 4.78 is 8.02. The molecule has 0 amide bonds. The zero-order valence-electron chi connectivity index (χ0n) is 19.2. The van der Waals surface area contributed by atoms with E-state index in [2.05, 4.69) is 10.4 Å². The fourth-order valence-electron chi connectivity index (χ4n) is 4.18. The maximum absolute atomic E-state index is 13.1. The fourth-order valence-corrected chi connectivity index (χ4v) is 4.18. The number of nitrogens with one attached hydrogen (secondary N) is 1. The van der Waals surface area contributed by atoms with E-state index in [0.29, 0.717) is 28.0 Å². The molecule has 0 saturated heterocycles. The zero-order valence-corrected chi connectivity index (χ0v) is 19.2. The average Bonchev–Trinajstić information content (AvgIpc) is 3.35. The molecule has 2 N–H and O–H groups in total. The van der Waals surface area contributed by atoms with Gasteiger partial charge in [0, 0.05) is 23.5 Å². The third-order valence-corrected chi connectivity index (χ3v) is 5.89. The van der Waals surface area contributed by atoms with Crippen molar-refractivity contribution in [3.8, 4) is 17.0 Å². The topological polar surface area (TPSA) is 97.4 Å². The van der Waals surface area contributed by atoms with Crippen molar-refractivity contribution in [3.05, 3.63) is 112 Å². The second-order valence-corrected chi connectivity index (χ2v) is 8.43. The number of carbonyl (C=O) groups is 1. The Hall–Kier alpha value is -4.65. The first-order chi connectivity index (χ1) is 16.9. The lowest BCUT2D eigenvalue weighted by Gasteiger charge is -2.19. The third kappa shape index (κ3) is 4.31. The molecule has 7 nitrogen and oxygen atoms in total. The standard InChI is InChI=1S/C28H23N3O4/c1-17-12-22(18(2)30-24-11-7-6-10-21(24)28(33)34)27-23(13-17)25(32)14-26(35-27)19-15-29-31(16-19)20-8-4-3-5-9-20/h3-16,18,30H,1-2H3,(H,33,34)/t18-/m1/s1. The number of benzene rings is 3. The van der Waals surface area contributed by atoms with E-state index in [0.717, 1.165) is 16.8 Å². The molecule has 0 bridgehead atoms. The van der Waals surface area contributed by atoms with Crippen LogP contribution in [-0.2, 0) is 0 Å². The molecule has 0 unspecified atom stereocenters. The number of rotatable bonds is 6. The molecule has 2 heterocycles. The molecule has 0 spiro atoms. The third-order valence-electron chi connectivity index (χ3n) is 5.89. The Bertz CT molecular complexity index is 1600. The lowest BCUT2D eigenvalue weighted by molar-refractivity contribution is 0.0698. The van der Waals surface area contributed by atoms with Gasteiger partial charge in [0.25, 0.3) is 0 Å². The lowest BCUT2D eigenvalue weighted by Crippen LogP contribution is -2.12. The Morgan fingerprint density at radius 3 is 2.57 bits per heavy atom. The fraction of sp³-hybridized carbons (Fsp3) is 0.107. The van der Waals surface area contributed by atoms with E-state index in [9.17, 15) is 14.7 Å². The van der Waals surface area contributed by atoms with Crippen molar-refractivity contribution in [1.82, 2.24) is 9.78 Å². The molecule has 35 heavy (non-hydrogen) atoms. The Morgan fingerprint density at radius 1 is 1.06 bits per heavy atom. The van der Waals surface area contributed by atoms with E-state index in [-0.39, 0.29) is 17.0 Å². The van der Waals surface area contributed by atoms with E-state index < -0.39 is 5.97 Å². The van der Waals surface area contributed by atoms with Crippen molar-refractivity contribution in [2.75, 3.05) is 5.32 Å². The number of aryl methyl sites for hydroxylation is 1. The van der Waals surface area contributed by atoms with Crippen LogP contribution in [0.25, 0.3) is 28.0 Å². The molecular formula is C28H23N3O4. The predicted molar refractivity (Wildman–Crippen MR) is 135 cm³/mol. The maximum atomic E-state index is 13.1. The molecule has 7 heteroatoms. The highest BCUT2D eigenvalue weighted by molar-refractivity contribution is 5.94. The molecule has 3 aromatic carbocycles. The van der Waals surface area contributed by atoms with E-state index in [1.54, 1.807) is 41.2 Å². The quantitative estimate of drug-likeness (QED) is 0.328. The van der Waals surface area contributed by atoms with Crippen LogP contribution < -0.4 is 10.7 Å². The highest BCUT2D eigenvalue weighted by atomic mass is 16.4. The Labute approximate surface area is 201 Å². The van der Waals surface area contributed by atoms with Crippen LogP contribution in [0.15, 0.2) is 94.4 Å². The number of hydrogen-bond donors (Lipinski definition) is 2. The summed E-state index contributed by atoms with van der Waals surface area (Å²) >= 11 is 0. The molecule has 5 aromatic rings.